The van der Waals surface area contributed by atoms with Crippen molar-refractivity contribution in [3.8, 4) is 11.8 Å². The molecule has 0 aliphatic rings. The Kier molecular flexibility index (Phi) is 6.06. The van der Waals surface area contributed by atoms with Crippen LogP contribution in [0.5, 0.6) is 11.8 Å². The summed E-state index contributed by atoms with van der Waals surface area (Å²) in [5.41, 5.74) is 0.284. The number of halogens is 1. The molecule has 0 atom stereocenters. The molecule has 0 unspecified atom stereocenters. The predicted molar refractivity (Wildman–Crippen MR) is 86.7 cm³/mol. The van der Waals surface area contributed by atoms with Gasteiger partial charge in [-0.05, 0) is 30.8 Å². The van der Waals surface area contributed by atoms with Crippen LogP contribution in [-0.2, 0) is 4.74 Å². The molecule has 0 aliphatic carbocycles. The van der Waals surface area contributed by atoms with Crippen LogP contribution in [0.25, 0.3) is 0 Å². The van der Waals surface area contributed by atoms with Crippen LogP contribution in [0.2, 0.25) is 5.02 Å². The Morgan fingerprint density at radius 1 is 1.22 bits per heavy atom. The van der Waals surface area contributed by atoms with Gasteiger partial charge in [-0.25, -0.2) is 4.79 Å². The van der Waals surface area contributed by atoms with Gasteiger partial charge >= 0.3 is 5.97 Å². The Balaban J connectivity index is 2.40. The van der Waals surface area contributed by atoms with Crippen molar-refractivity contribution in [3.05, 3.63) is 34.9 Å². The molecule has 0 fully saturated rings. The second-order valence-electron chi connectivity index (χ2n) is 4.17. The minimum atomic E-state index is -0.490. The van der Waals surface area contributed by atoms with Crippen LogP contribution in [0.1, 0.15) is 17.3 Å². The molecule has 0 spiro atoms. The average Bonchev–Trinajstić information content (AvgIpc) is 2.54. The van der Waals surface area contributed by atoms with E-state index in [1.165, 1.54) is 26.0 Å². The molecule has 0 radical (unpaired) electrons. The molecule has 0 saturated carbocycles. The first-order valence-corrected chi connectivity index (χ1v) is 7.89. The lowest BCUT2D eigenvalue weighted by atomic mass is 10.2. The zero-order chi connectivity index (χ0) is 16.8. The lowest BCUT2D eigenvalue weighted by molar-refractivity contribution is 0.0522. The van der Waals surface area contributed by atoms with E-state index >= 15 is 0 Å². The van der Waals surface area contributed by atoms with E-state index in [0.717, 1.165) is 0 Å². The number of esters is 1. The van der Waals surface area contributed by atoms with E-state index in [1.54, 1.807) is 31.2 Å². The normalized spacial score (nSPS) is 10.3. The van der Waals surface area contributed by atoms with Crippen molar-refractivity contribution in [1.82, 2.24) is 9.97 Å². The number of methoxy groups -OCH3 is 2. The highest BCUT2D eigenvalue weighted by atomic mass is 35.5. The van der Waals surface area contributed by atoms with E-state index in [0.29, 0.717) is 26.8 Å². The number of carbonyl (C=O) groups excluding carboxylic acids is 1. The van der Waals surface area contributed by atoms with Gasteiger partial charge in [0.2, 0.25) is 11.8 Å². The highest BCUT2D eigenvalue weighted by Crippen LogP contribution is 2.34. The van der Waals surface area contributed by atoms with Gasteiger partial charge in [0.1, 0.15) is 0 Å². The third-order valence-electron chi connectivity index (χ3n) is 2.73. The van der Waals surface area contributed by atoms with Gasteiger partial charge in [0.25, 0.3) is 0 Å². The van der Waals surface area contributed by atoms with Crippen LogP contribution in [0.15, 0.2) is 34.3 Å². The molecule has 2 aromatic rings. The molecule has 0 saturated heterocycles. The third-order valence-corrected chi connectivity index (χ3v) is 3.97. The smallest absolute Gasteiger partial charge is 0.340 e. The molecule has 122 valence electrons. The molecule has 1 aromatic carbocycles. The number of nitrogens with zero attached hydrogens (tertiary/aromatic N) is 2. The maximum atomic E-state index is 12.1. The van der Waals surface area contributed by atoms with Gasteiger partial charge in [-0.3, -0.25) is 0 Å². The first kappa shape index (κ1) is 17.4. The molecule has 0 aliphatic heterocycles. The Morgan fingerprint density at radius 3 is 2.43 bits per heavy atom. The summed E-state index contributed by atoms with van der Waals surface area (Å²) in [6.07, 6.45) is 0. The molecule has 2 rings (SSSR count). The molecule has 8 heteroatoms. The minimum absolute atomic E-state index is 0.262. The van der Waals surface area contributed by atoms with Crippen LogP contribution >= 0.6 is 23.4 Å². The summed E-state index contributed by atoms with van der Waals surface area (Å²) < 4.78 is 15.3. The molecule has 6 nitrogen and oxygen atoms in total. The van der Waals surface area contributed by atoms with Crippen molar-refractivity contribution in [3.63, 3.8) is 0 Å². The van der Waals surface area contributed by atoms with Gasteiger partial charge < -0.3 is 14.2 Å². The Hall–Kier alpha value is -1.99. The van der Waals surface area contributed by atoms with Crippen molar-refractivity contribution in [2.24, 2.45) is 0 Å². The number of aromatic nitrogens is 2. The average molecular weight is 355 g/mol. The first-order valence-electron chi connectivity index (χ1n) is 6.69. The monoisotopic (exact) mass is 354 g/mol. The number of benzene rings is 1. The van der Waals surface area contributed by atoms with E-state index in [1.807, 2.05) is 0 Å². The molecule has 0 bridgehead atoms. The molecule has 0 amide bonds. The SMILES string of the molecule is CCOC(=O)c1c(Cl)cccc1Sc1nc(OC)cc(OC)n1. The Bertz CT molecular complexity index is 690. The lowest BCUT2D eigenvalue weighted by Crippen LogP contribution is -2.07. The van der Waals surface area contributed by atoms with Crippen LogP contribution in [0.3, 0.4) is 0 Å². The summed E-state index contributed by atoms with van der Waals surface area (Å²) >= 11 is 7.31. The first-order chi connectivity index (χ1) is 11.1. The van der Waals surface area contributed by atoms with E-state index in [4.69, 9.17) is 25.8 Å². The zero-order valence-electron chi connectivity index (χ0n) is 12.8. The van der Waals surface area contributed by atoms with Crippen molar-refractivity contribution in [2.75, 3.05) is 20.8 Å². The Labute approximate surface area is 143 Å². The van der Waals surface area contributed by atoms with Crippen molar-refractivity contribution in [1.29, 1.82) is 0 Å². The van der Waals surface area contributed by atoms with E-state index in [2.05, 4.69) is 9.97 Å². The maximum Gasteiger partial charge on any atom is 0.340 e. The van der Waals surface area contributed by atoms with Gasteiger partial charge in [-0.1, -0.05) is 17.7 Å². The fourth-order valence-electron chi connectivity index (χ4n) is 1.73. The summed E-state index contributed by atoms with van der Waals surface area (Å²) in [7, 11) is 3.00. The van der Waals surface area contributed by atoms with E-state index < -0.39 is 5.97 Å². The molecule has 0 N–H and O–H groups in total. The fraction of sp³-hybridized carbons (Fsp3) is 0.267. The number of ether oxygens (including phenoxy) is 3. The number of hydrogen-bond donors (Lipinski definition) is 0. The van der Waals surface area contributed by atoms with Gasteiger partial charge in [-0.2, -0.15) is 9.97 Å². The van der Waals surface area contributed by atoms with E-state index in [9.17, 15) is 4.79 Å². The van der Waals surface area contributed by atoms with Gasteiger partial charge in [0, 0.05) is 4.90 Å². The topological polar surface area (TPSA) is 70.5 Å². The third kappa shape index (κ3) is 4.27. The van der Waals surface area contributed by atoms with Crippen LogP contribution in [0.4, 0.5) is 0 Å². The predicted octanol–water partition coefficient (Wildman–Crippen LogP) is 3.48. The van der Waals surface area contributed by atoms with Crippen molar-refractivity contribution >= 4 is 29.3 Å². The van der Waals surface area contributed by atoms with Gasteiger partial charge in [-0.15, -0.1) is 0 Å². The van der Waals surface area contributed by atoms with Crippen LogP contribution in [-0.4, -0.2) is 36.8 Å². The maximum absolute atomic E-state index is 12.1. The minimum Gasteiger partial charge on any atom is -0.481 e. The summed E-state index contributed by atoms with van der Waals surface area (Å²) in [6.45, 7) is 2.00. The summed E-state index contributed by atoms with van der Waals surface area (Å²) in [4.78, 5) is 21.2. The lowest BCUT2D eigenvalue weighted by Gasteiger charge is -2.10. The van der Waals surface area contributed by atoms with E-state index in [-0.39, 0.29) is 12.2 Å². The molecular formula is C15H15ClN2O4S. The highest BCUT2D eigenvalue weighted by molar-refractivity contribution is 7.99. The largest absolute Gasteiger partial charge is 0.481 e. The van der Waals surface area contributed by atoms with Gasteiger partial charge in [0.15, 0.2) is 5.16 Å². The number of rotatable bonds is 6. The fourth-order valence-corrected chi connectivity index (χ4v) is 2.95. The summed E-state index contributed by atoms with van der Waals surface area (Å²) in [5, 5.41) is 0.678. The second kappa shape index (κ2) is 8.03. The second-order valence-corrected chi connectivity index (χ2v) is 5.59. The highest BCUT2D eigenvalue weighted by Gasteiger charge is 2.19. The summed E-state index contributed by atoms with van der Waals surface area (Å²) in [6, 6.07) is 6.68. The van der Waals surface area contributed by atoms with Gasteiger partial charge in [0.05, 0.1) is 37.5 Å². The van der Waals surface area contributed by atoms with Crippen LogP contribution in [0, 0.1) is 0 Å². The van der Waals surface area contributed by atoms with Crippen molar-refractivity contribution < 1.29 is 19.0 Å². The number of carbonyl (C=O) groups is 1. The quantitative estimate of drug-likeness (QED) is 0.581. The zero-order valence-corrected chi connectivity index (χ0v) is 14.4. The molecule has 23 heavy (non-hydrogen) atoms. The van der Waals surface area contributed by atoms with Crippen molar-refractivity contribution in [2.45, 2.75) is 17.0 Å². The number of hydrogen-bond acceptors (Lipinski definition) is 7. The van der Waals surface area contributed by atoms with Crippen LogP contribution < -0.4 is 9.47 Å². The standard InChI is InChI=1S/C15H15ClN2O4S/c1-4-22-14(19)13-9(16)6-5-7-10(13)23-15-17-11(20-2)8-12(18-15)21-3/h5-8H,4H2,1-3H3. The molecular weight excluding hydrogens is 340 g/mol. The Morgan fingerprint density at radius 2 is 1.87 bits per heavy atom. The molecule has 1 heterocycles. The summed E-state index contributed by atoms with van der Waals surface area (Å²) in [5.74, 6) is 0.230. The molecule has 1 aromatic heterocycles.